The SMILES string of the molecule is COc1ccc(NC(C)=O)cc1-c1ccccc1. The van der Waals surface area contributed by atoms with Crippen LogP contribution < -0.4 is 10.1 Å². The molecule has 1 N–H and O–H groups in total. The van der Waals surface area contributed by atoms with Crippen LogP contribution in [0.15, 0.2) is 48.5 Å². The van der Waals surface area contributed by atoms with Gasteiger partial charge in [0, 0.05) is 18.2 Å². The summed E-state index contributed by atoms with van der Waals surface area (Å²) in [5, 5.41) is 2.77. The van der Waals surface area contributed by atoms with Gasteiger partial charge >= 0.3 is 0 Å². The molecule has 18 heavy (non-hydrogen) atoms. The van der Waals surface area contributed by atoms with E-state index in [0.717, 1.165) is 22.6 Å². The Morgan fingerprint density at radius 3 is 2.44 bits per heavy atom. The quantitative estimate of drug-likeness (QED) is 0.895. The second-order valence-electron chi connectivity index (χ2n) is 3.96. The van der Waals surface area contributed by atoms with Gasteiger partial charge in [-0.25, -0.2) is 0 Å². The molecule has 2 aromatic carbocycles. The van der Waals surface area contributed by atoms with Crippen molar-refractivity contribution in [2.45, 2.75) is 6.92 Å². The average Bonchev–Trinajstić information content (AvgIpc) is 2.39. The van der Waals surface area contributed by atoms with Crippen molar-refractivity contribution in [2.24, 2.45) is 0 Å². The maximum absolute atomic E-state index is 11.1. The predicted octanol–water partition coefficient (Wildman–Crippen LogP) is 3.32. The maximum Gasteiger partial charge on any atom is 0.221 e. The number of methoxy groups -OCH3 is 1. The highest BCUT2D eigenvalue weighted by atomic mass is 16.5. The summed E-state index contributed by atoms with van der Waals surface area (Å²) in [7, 11) is 1.64. The van der Waals surface area contributed by atoms with Gasteiger partial charge in [-0.2, -0.15) is 0 Å². The molecule has 1 amide bonds. The lowest BCUT2D eigenvalue weighted by Gasteiger charge is -2.11. The van der Waals surface area contributed by atoms with Gasteiger partial charge in [0.25, 0.3) is 0 Å². The van der Waals surface area contributed by atoms with Crippen LogP contribution in [-0.4, -0.2) is 13.0 Å². The number of rotatable bonds is 3. The Morgan fingerprint density at radius 1 is 1.11 bits per heavy atom. The molecule has 0 aliphatic carbocycles. The van der Waals surface area contributed by atoms with Gasteiger partial charge in [-0.05, 0) is 23.8 Å². The van der Waals surface area contributed by atoms with Gasteiger partial charge in [0.15, 0.2) is 0 Å². The van der Waals surface area contributed by atoms with E-state index < -0.39 is 0 Å². The van der Waals surface area contributed by atoms with Gasteiger partial charge in [-0.15, -0.1) is 0 Å². The van der Waals surface area contributed by atoms with E-state index in [2.05, 4.69) is 5.32 Å². The molecule has 0 bridgehead atoms. The molecule has 2 rings (SSSR count). The summed E-state index contributed by atoms with van der Waals surface area (Å²) >= 11 is 0. The van der Waals surface area contributed by atoms with E-state index in [1.54, 1.807) is 7.11 Å². The van der Waals surface area contributed by atoms with Crippen molar-refractivity contribution in [3.8, 4) is 16.9 Å². The first-order valence-electron chi connectivity index (χ1n) is 5.72. The number of hydrogen-bond acceptors (Lipinski definition) is 2. The highest BCUT2D eigenvalue weighted by Crippen LogP contribution is 2.32. The lowest BCUT2D eigenvalue weighted by Crippen LogP contribution is -2.05. The standard InChI is InChI=1S/C15H15NO2/c1-11(17)16-13-8-9-15(18-2)14(10-13)12-6-4-3-5-7-12/h3-10H,1-2H3,(H,16,17). The van der Waals surface area contributed by atoms with E-state index in [0.29, 0.717) is 0 Å². The summed E-state index contributed by atoms with van der Waals surface area (Å²) < 4.78 is 5.35. The molecule has 92 valence electrons. The number of amides is 1. The minimum atomic E-state index is -0.0841. The van der Waals surface area contributed by atoms with Crippen LogP contribution in [0.4, 0.5) is 5.69 Å². The molecule has 0 saturated heterocycles. The molecule has 2 aromatic rings. The third-order valence-corrected chi connectivity index (χ3v) is 2.60. The Kier molecular flexibility index (Phi) is 3.63. The van der Waals surface area contributed by atoms with Crippen molar-refractivity contribution in [3.63, 3.8) is 0 Å². The zero-order valence-corrected chi connectivity index (χ0v) is 10.4. The van der Waals surface area contributed by atoms with Crippen LogP contribution in [0.1, 0.15) is 6.92 Å². The van der Waals surface area contributed by atoms with Crippen molar-refractivity contribution in [3.05, 3.63) is 48.5 Å². The topological polar surface area (TPSA) is 38.3 Å². The monoisotopic (exact) mass is 241 g/mol. The molecule has 0 aromatic heterocycles. The zero-order chi connectivity index (χ0) is 13.0. The van der Waals surface area contributed by atoms with E-state index in [-0.39, 0.29) is 5.91 Å². The smallest absolute Gasteiger partial charge is 0.221 e. The van der Waals surface area contributed by atoms with Crippen molar-refractivity contribution >= 4 is 11.6 Å². The third kappa shape index (κ3) is 2.69. The van der Waals surface area contributed by atoms with Crippen LogP contribution in [0.3, 0.4) is 0 Å². The van der Waals surface area contributed by atoms with E-state index in [1.807, 2.05) is 48.5 Å². The summed E-state index contributed by atoms with van der Waals surface area (Å²) in [5.41, 5.74) is 2.79. The van der Waals surface area contributed by atoms with Crippen LogP contribution in [-0.2, 0) is 4.79 Å². The minimum absolute atomic E-state index is 0.0841. The summed E-state index contributed by atoms with van der Waals surface area (Å²) in [6.07, 6.45) is 0. The van der Waals surface area contributed by atoms with Crippen LogP contribution in [0.5, 0.6) is 5.75 Å². The predicted molar refractivity (Wildman–Crippen MR) is 72.7 cm³/mol. The fourth-order valence-corrected chi connectivity index (χ4v) is 1.83. The first-order chi connectivity index (χ1) is 8.70. The summed E-state index contributed by atoms with van der Waals surface area (Å²) in [5.74, 6) is 0.703. The second-order valence-corrected chi connectivity index (χ2v) is 3.96. The number of nitrogens with one attached hydrogen (secondary N) is 1. The van der Waals surface area contributed by atoms with Crippen molar-refractivity contribution < 1.29 is 9.53 Å². The average molecular weight is 241 g/mol. The van der Waals surface area contributed by atoms with Crippen LogP contribution in [0, 0.1) is 0 Å². The highest BCUT2D eigenvalue weighted by Gasteiger charge is 2.07. The Labute approximate surface area is 106 Å². The number of carbonyl (C=O) groups is 1. The molecular weight excluding hydrogens is 226 g/mol. The van der Waals surface area contributed by atoms with Crippen molar-refractivity contribution in [1.29, 1.82) is 0 Å². The van der Waals surface area contributed by atoms with Crippen LogP contribution in [0.25, 0.3) is 11.1 Å². The van der Waals surface area contributed by atoms with E-state index in [9.17, 15) is 4.79 Å². The van der Waals surface area contributed by atoms with Gasteiger partial charge in [-0.1, -0.05) is 30.3 Å². The van der Waals surface area contributed by atoms with Gasteiger partial charge < -0.3 is 10.1 Å². The molecule has 0 aliphatic rings. The van der Waals surface area contributed by atoms with E-state index in [4.69, 9.17) is 4.74 Å². The van der Waals surface area contributed by atoms with Gasteiger partial charge in [0.1, 0.15) is 5.75 Å². The molecule has 0 spiro atoms. The molecule has 0 atom stereocenters. The molecule has 0 unspecified atom stereocenters. The number of carbonyl (C=O) groups excluding carboxylic acids is 1. The molecule has 0 fully saturated rings. The van der Waals surface area contributed by atoms with Gasteiger partial charge in [0.2, 0.25) is 5.91 Å². The lowest BCUT2D eigenvalue weighted by atomic mass is 10.0. The van der Waals surface area contributed by atoms with Crippen LogP contribution >= 0.6 is 0 Å². The van der Waals surface area contributed by atoms with Crippen molar-refractivity contribution in [2.75, 3.05) is 12.4 Å². The zero-order valence-electron chi connectivity index (χ0n) is 10.4. The van der Waals surface area contributed by atoms with Gasteiger partial charge in [0.05, 0.1) is 7.11 Å². The first-order valence-corrected chi connectivity index (χ1v) is 5.72. The molecule has 0 saturated carbocycles. The Balaban J connectivity index is 2.46. The Bertz CT molecular complexity index is 550. The fraction of sp³-hybridized carbons (Fsp3) is 0.133. The number of hydrogen-bond donors (Lipinski definition) is 1. The molecule has 3 nitrogen and oxygen atoms in total. The molecule has 3 heteroatoms. The van der Waals surface area contributed by atoms with Crippen LogP contribution in [0.2, 0.25) is 0 Å². The lowest BCUT2D eigenvalue weighted by molar-refractivity contribution is -0.114. The number of anilines is 1. The minimum Gasteiger partial charge on any atom is -0.496 e. The largest absolute Gasteiger partial charge is 0.496 e. The maximum atomic E-state index is 11.1. The van der Waals surface area contributed by atoms with E-state index in [1.165, 1.54) is 6.92 Å². The Morgan fingerprint density at radius 2 is 1.83 bits per heavy atom. The Hall–Kier alpha value is -2.29. The molecule has 0 heterocycles. The molecule has 0 radical (unpaired) electrons. The second kappa shape index (κ2) is 5.36. The molecule has 0 aliphatic heterocycles. The summed E-state index contributed by atoms with van der Waals surface area (Å²) in [6, 6.07) is 15.5. The summed E-state index contributed by atoms with van der Waals surface area (Å²) in [6.45, 7) is 1.49. The third-order valence-electron chi connectivity index (χ3n) is 2.60. The van der Waals surface area contributed by atoms with E-state index >= 15 is 0 Å². The fourth-order valence-electron chi connectivity index (χ4n) is 1.83. The van der Waals surface area contributed by atoms with Crippen molar-refractivity contribution in [1.82, 2.24) is 0 Å². The molecular formula is C15H15NO2. The number of ether oxygens (including phenoxy) is 1. The summed E-state index contributed by atoms with van der Waals surface area (Å²) in [4.78, 5) is 11.1. The number of benzene rings is 2. The highest BCUT2D eigenvalue weighted by molar-refractivity contribution is 5.90. The normalized spacial score (nSPS) is 9.89. The van der Waals surface area contributed by atoms with Gasteiger partial charge in [-0.3, -0.25) is 4.79 Å². The first kappa shape index (κ1) is 12.2.